The van der Waals surface area contributed by atoms with Gasteiger partial charge in [-0.15, -0.1) is 0 Å². The van der Waals surface area contributed by atoms with E-state index in [9.17, 15) is 4.79 Å². The molecule has 1 saturated heterocycles. The third-order valence-corrected chi connectivity index (χ3v) is 5.54. The van der Waals surface area contributed by atoms with Crippen molar-refractivity contribution in [2.24, 2.45) is 5.92 Å². The normalized spacial score (nSPS) is 17.5. The van der Waals surface area contributed by atoms with Gasteiger partial charge in [-0.25, -0.2) is 0 Å². The summed E-state index contributed by atoms with van der Waals surface area (Å²) in [6.07, 6.45) is 2.23. The Morgan fingerprint density at radius 2 is 2.12 bits per heavy atom. The fraction of sp³-hybridized carbons (Fsp3) is 0.500. The van der Waals surface area contributed by atoms with E-state index in [2.05, 4.69) is 10.4 Å². The molecule has 1 aromatic carbocycles. The van der Waals surface area contributed by atoms with Gasteiger partial charge in [0.15, 0.2) is 0 Å². The van der Waals surface area contributed by atoms with E-state index in [1.807, 2.05) is 54.7 Å². The summed E-state index contributed by atoms with van der Waals surface area (Å²) in [4.78, 5) is 15.1. The number of hydrogen-bond donors (Lipinski definition) is 1. The first-order valence-electron chi connectivity index (χ1n) is 9.22. The number of nitrogens with zero attached hydrogens (tertiary/aromatic N) is 3. The van der Waals surface area contributed by atoms with E-state index in [0.29, 0.717) is 12.5 Å². The monoisotopic (exact) mass is 374 g/mol. The number of halogens is 1. The minimum Gasteiger partial charge on any atom is -0.338 e. The fourth-order valence-corrected chi connectivity index (χ4v) is 4.01. The minimum atomic E-state index is 0.103. The number of carbonyl (C=O) groups excluding carboxylic acids is 1. The summed E-state index contributed by atoms with van der Waals surface area (Å²) in [7, 11) is 1.97. The number of nitrogens with one attached hydrogen (secondary N) is 1. The van der Waals surface area contributed by atoms with Gasteiger partial charge in [0.1, 0.15) is 0 Å². The van der Waals surface area contributed by atoms with Gasteiger partial charge in [0.05, 0.1) is 17.8 Å². The molecule has 0 saturated carbocycles. The van der Waals surface area contributed by atoms with Crippen LogP contribution in [0.5, 0.6) is 0 Å². The van der Waals surface area contributed by atoms with Crippen molar-refractivity contribution in [3.8, 4) is 0 Å². The molecule has 0 bridgehead atoms. The van der Waals surface area contributed by atoms with Gasteiger partial charge in [0.25, 0.3) is 5.91 Å². The third-order valence-electron chi connectivity index (χ3n) is 5.17. The lowest BCUT2D eigenvalue weighted by atomic mass is 9.97. The zero-order chi connectivity index (χ0) is 18.7. The molecule has 0 aliphatic carbocycles. The third kappa shape index (κ3) is 3.94. The number of benzene rings is 1. The maximum absolute atomic E-state index is 13.2. The van der Waals surface area contributed by atoms with Gasteiger partial charge < -0.3 is 10.2 Å². The zero-order valence-electron chi connectivity index (χ0n) is 15.8. The smallest absolute Gasteiger partial charge is 0.257 e. The highest BCUT2D eigenvalue weighted by molar-refractivity contribution is 6.31. The molecule has 5 nitrogen and oxygen atoms in total. The first-order chi connectivity index (χ1) is 12.5. The van der Waals surface area contributed by atoms with Crippen LogP contribution in [0.15, 0.2) is 24.3 Å². The van der Waals surface area contributed by atoms with Crippen LogP contribution >= 0.6 is 11.6 Å². The Bertz CT molecular complexity index is 784. The Labute approximate surface area is 160 Å². The van der Waals surface area contributed by atoms with Crippen molar-refractivity contribution in [1.82, 2.24) is 20.0 Å². The summed E-state index contributed by atoms with van der Waals surface area (Å²) < 4.78 is 1.89. The van der Waals surface area contributed by atoms with Crippen molar-refractivity contribution in [1.29, 1.82) is 0 Å². The molecule has 6 heteroatoms. The van der Waals surface area contributed by atoms with Gasteiger partial charge in [-0.3, -0.25) is 9.48 Å². The van der Waals surface area contributed by atoms with Crippen molar-refractivity contribution in [2.75, 3.05) is 26.7 Å². The number of carbonyl (C=O) groups is 1. The average molecular weight is 375 g/mol. The van der Waals surface area contributed by atoms with Crippen molar-refractivity contribution in [2.45, 2.75) is 33.2 Å². The number of aromatic nitrogens is 2. The quantitative estimate of drug-likeness (QED) is 0.873. The maximum Gasteiger partial charge on any atom is 0.257 e. The molecule has 1 atom stereocenters. The van der Waals surface area contributed by atoms with Gasteiger partial charge >= 0.3 is 0 Å². The van der Waals surface area contributed by atoms with E-state index in [1.54, 1.807) is 0 Å². The first kappa shape index (κ1) is 18.9. The summed E-state index contributed by atoms with van der Waals surface area (Å²) in [6.45, 7) is 7.05. The summed E-state index contributed by atoms with van der Waals surface area (Å²) >= 11 is 6.28. The molecule has 1 N–H and O–H groups in total. The average Bonchev–Trinajstić information content (AvgIpc) is 2.90. The van der Waals surface area contributed by atoms with Crippen LogP contribution in [0.2, 0.25) is 5.02 Å². The molecule has 1 fully saturated rings. The highest BCUT2D eigenvalue weighted by Gasteiger charge is 2.28. The second-order valence-corrected chi connectivity index (χ2v) is 7.52. The summed E-state index contributed by atoms with van der Waals surface area (Å²) in [6, 6.07) is 7.76. The molecule has 1 aliphatic heterocycles. The van der Waals surface area contributed by atoms with Gasteiger partial charge in [0.2, 0.25) is 0 Å². The van der Waals surface area contributed by atoms with E-state index in [4.69, 9.17) is 11.6 Å². The second kappa shape index (κ2) is 8.23. The number of hydrogen-bond acceptors (Lipinski definition) is 3. The molecule has 1 amide bonds. The lowest BCUT2D eigenvalue weighted by Crippen LogP contribution is -2.42. The number of likely N-dealkylation sites (tertiary alicyclic amines) is 1. The van der Waals surface area contributed by atoms with E-state index < -0.39 is 0 Å². The summed E-state index contributed by atoms with van der Waals surface area (Å²) in [5.41, 5.74) is 3.44. The molecule has 0 radical (unpaired) electrons. The zero-order valence-corrected chi connectivity index (χ0v) is 16.5. The number of amides is 1. The molecule has 0 spiro atoms. The van der Waals surface area contributed by atoms with Crippen LogP contribution in [0, 0.1) is 19.8 Å². The minimum absolute atomic E-state index is 0.103. The molecule has 1 unspecified atom stereocenters. The van der Waals surface area contributed by atoms with E-state index in [1.165, 1.54) is 6.42 Å². The van der Waals surface area contributed by atoms with Crippen LogP contribution in [-0.2, 0) is 6.54 Å². The summed E-state index contributed by atoms with van der Waals surface area (Å²) in [5, 5.41) is 8.57. The van der Waals surface area contributed by atoms with Gasteiger partial charge in [-0.05, 0) is 57.8 Å². The van der Waals surface area contributed by atoms with E-state index in [-0.39, 0.29) is 5.91 Å². The van der Waals surface area contributed by atoms with Crippen LogP contribution < -0.4 is 5.32 Å². The van der Waals surface area contributed by atoms with Gasteiger partial charge in [-0.2, -0.15) is 5.10 Å². The molecule has 1 aromatic heterocycles. The Morgan fingerprint density at radius 1 is 1.35 bits per heavy atom. The molecule has 2 aromatic rings. The van der Waals surface area contributed by atoms with Crippen molar-refractivity contribution in [3.63, 3.8) is 0 Å². The predicted molar refractivity (Wildman–Crippen MR) is 105 cm³/mol. The highest BCUT2D eigenvalue weighted by Crippen LogP contribution is 2.23. The van der Waals surface area contributed by atoms with Crippen molar-refractivity contribution in [3.05, 3.63) is 51.8 Å². The number of aryl methyl sites for hydroxylation is 1. The van der Waals surface area contributed by atoms with Gasteiger partial charge in [0, 0.05) is 23.8 Å². The van der Waals surface area contributed by atoms with Crippen molar-refractivity contribution < 1.29 is 4.79 Å². The SMILES string of the molecule is CNCC1CCCN(C(=O)c2c(C)nn(Cc3ccccc3Cl)c2C)C1. The Kier molecular flexibility index (Phi) is 5.99. The standard InChI is InChI=1S/C20H27ClN4O/c1-14-19(20(26)24-10-6-7-16(12-24)11-22-3)15(2)25(23-14)13-17-8-4-5-9-18(17)21/h4-5,8-9,16,22H,6-7,10-13H2,1-3H3. The predicted octanol–water partition coefficient (Wildman–Crippen LogP) is 3.27. The number of rotatable bonds is 5. The molecular formula is C20H27ClN4O. The van der Waals surface area contributed by atoms with Crippen molar-refractivity contribution >= 4 is 17.5 Å². The fourth-order valence-electron chi connectivity index (χ4n) is 3.81. The van der Waals surface area contributed by atoms with Crippen LogP contribution in [0.1, 0.15) is 40.2 Å². The molecule has 26 heavy (non-hydrogen) atoms. The molecule has 1 aliphatic rings. The number of piperidine rings is 1. The molecule has 3 rings (SSSR count). The Hall–Kier alpha value is -1.85. The van der Waals surface area contributed by atoms with E-state index in [0.717, 1.165) is 53.6 Å². The topological polar surface area (TPSA) is 50.2 Å². The van der Waals surface area contributed by atoms with Gasteiger partial charge in [-0.1, -0.05) is 29.8 Å². The summed E-state index contributed by atoms with van der Waals surface area (Å²) in [5.74, 6) is 0.627. The second-order valence-electron chi connectivity index (χ2n) is 7.11. The largest absolute Gasteiger partial charge is 0.338 e. The first-order valence-corrected chi connectivity index (χ1v) is 9.60. The molecular weight excluding hydrogens is 348 g/mol. The van der Waals surface area contributed by atoms with Crippen LogP contribution in [0.25, 0.3) is 0 Å². The van der Waals surface area contributed by atoms with Crippen LogP contribution in [0.3, 0.4) is 0 Å². The van der Waals surface area contributed by atoms with Crippen LogP contribution in [-0.4, -0.2) is 47.3 Å². The molecule has 2 heterocycles. The maximum atomic E-state index is 13.2. The van der Waals surface area contributed by atoms with E-state index >= 15 is 0 Å². The Balaban J connectivity index is 1.81. The lowest BCUT2D eigenvalue weighted by Gasteiger charge is -2.32. The van der Waals surface area contributed by atoms with Crippen LogP contribution in [0.4, 0.5) is 0 Å². The Morgan fingerprint density at radius 3 is 2.85 bits per heavy atom. The highest BCUT2D eigenvalue weighted by atomic mass is 35.5. The molecule has 140 valence electrons. The lowest BCUT2D eigenvalue weighted by molar-refractivity contribution is 0.0672.